The quantitative estimate of drug-likeness (QED) is 0.573. The summed E-state index contributed by atoms with van der Waals surface area (Å²) in [6.07, 6.45) is 9.22. The average Bonchev–Trinajstić information content (AvgIpc) is 3.49. The van der Waals surface area contributed by atoms with E-state index < -0.39 is 0 Å². The number of rotatable bonds is 4. The van der Waals surface area contributed by atoms with Gasteiger partial charge < -0.3 is 19.5 Å². The number of urea groups is 1. The van der Waals surface area contributed by atoms with Crippen molar-refractivity contribution in [1.82, 2.24) is 20.6 Å². The van der Waals surface area contributed by atoms with Gasteiger partial charge in [0.25, 0.3) is 0 Å². The van der Waals surface area contributed by atoms with Crippen LogP contribution in [0.4, 0.5) is 4.79 Å². The van der Waals surface area contributed by atoms with Crippen molar-refractivity contribution in [2.75, 3.05) is 0 Å². The van der Waals surface area contributed by atoms with Crippen molar-refractivity contribution in [3.63, 3.8) is 0 Å². The molecule has 0 spiro atoms. The van der Waals surface area contributed by atoms with Crippen LogP contribution in [0, 0.1) is 0 Å². The van der Waals surface area contributed by atoms with Gasteiger partial charge in [-0.05, 0) is 62.8 Å². The number of hydrogen-bond acceptors (Lipinski definition) is 5. The number of aryl methyl sites for hydroxylation is 1. The molecule has 0 radical (unpaired) electrons. The van der Waals surface area contributed by atoms with Crippen LogP contribution in [-0.4, -0.2) is 33.5 Å². The van der Waals surface area contributed by atoms with E-state index in [4.69, 9.17) is 30.4 Å². The lowest BCUT2D eigenvalue weighted by atomic mass is 9.94. The van der Waals surface area contributed by atoms with Crippen LogP contribution in [-0.2, 0) is 12.8 Å². The Morgan fingerprint density at radius 3 is 2.10 bits per heavy atom. The zero-order chi connectivity index (χ0) is 21.2. The van der Waals surface area contributed by atoms with Gasteiger partial charge in [0.1, 0.15) is 11.4 Å². The molecule has 1 unspecified atom stereocenters. The maximum atomic E-state index is 12.5. The van der Waals surface area contributed by atoms with Crippen LogP contribution in [0.5, 0.6) is 0 Å². The Morgan fingerprint density at radius 1 is 0.871 bits per heavy atom. The van der Waals surface area contributed by atoms with E-state index in [2.05, 4.69) is 10.6 Å². The zero-order valence-electron chi connectivity index (χ0n) is 17.1. The normalized spacial score (nSPS) is 23.2. The molecule has 0 aliphatic heterocycles. The van der Waals surface area contributed by atoms with Crippen LogP contribution in [0.2, 0.25) is 0 Å². The van der Waals surface area contributed by atoms with Crippen molar-refractivity contribution in [2.45, 2.75) is 62.4 Å². The van der Waals surface area contributed by atoms with Crippen LogP contribution in [0.25, 0.3) is 22.9 Å². The monoisotopic (exact) mass is 440 g/mol. The van der Waals surface area contributed by atoms with E-state index in [0.717, 1.165) is 49.9 Å². The number of amides is 2. The molecular weight excluding hydrogens is 416 g/mol. The van der Waals surface area contributed by atoms with Gasteiger partial charge in [0.2, 0.25) is 0 Å². The molecule has 0 saturated heterocycles. The van der Waals surface area contributed by atoms with Gasteiger partial charge in [-0.2, -0.15) is 0 Å². The molecule has 2 aliphatic carbocycles. The summed E-state index contributed by atoms with van der Waals surface area (Å²) in [4.78, 5) is 22.3. The first kappa shape index (κ1) is 20.1. The van der Waals surface area contributed by atoms with Gasteiger partial charge in [0.15, 0.2) is 11.5 Å². The van der Waals surface area contributed by atoms with Gasteiger partial charge in [-0.1, -0.05) is 0 Å². The van der Waals surface area contributed by atoms with Gasteiger partial charge in [0.05, 0.1) is 23.9 Å². The second-order valence-corrected chi connectivity index (χ2v) is 8.89. The molecule has 1 saturated carbocycles. The molecule has 8 heteroatoms. The van der Waals surface area contributed by atoms with Gasteiger partial charge in [-0.25, -0.2) is 14.8 Å². The molecule has 31 heavy (non-hydrogen) atoms. The molecule has 2 amide bonds. The van der Waals surface area contributed by atoms with Crippen molar-refractivity contribution in [3.8, 4) is 22.9 Å². The second kappa shape index (κ2) is 8.75. The van der Waals surface area contributed by atoms with Gasteiger partial charge in [0, 0.05) is 23.9 Å². The number of furan rings is 2. The maximum absolute atomic E-state index is 12.5. The van der Waals surface area contributed by atoms with Crippen LogP contribution in [0.15, 0.2) is 45.6 Å². The van der Waals surface area contributed by atoms with Crippen molar-refractivity contribution in [1.29, 1.82) is 0 Å². The minimum Gasteiger partial charge on any atom is -0.463 e. The summed E-state index contributed by atoms with van der Waals surface area (Å²) in [5.74, 6) is 1.30. The second-order valence-electron chi connectivity index (χ2n) is 8.28. The predicted molar refractivity (Wildman–Crippen MR) is 117 cm³/mol. The Labute approximate surface area is 185 Å². The SMILES string of the molecule is O=C(NC1CCC(Cl)CC1)NC1CCc2nc(-c3ccco3)c(-c3ccco3)nc2C1. The maximum Gasteiger partial charge on any atom is 0.315 e. The van der Waals surface area contributed by atoms with Gasteiger partial charge in [-0.15, -0.1) is 11.6 Å². The minimum absolute atomic E-state index is 0.0186. The van der Waals surface area contributed by atoms with E-state index in [1.807, 2.05) is 24.3 Å². The number of carbonyl (C=O) groups is 1. The van der Waals surface area contributed by atoms with Crippen molar-refractivity contribution in [3.05, 3.63) is 48.2 Å². The molecule has 3 heterocycles. The number of hydrogen-bond donors (Lipinski definition) is 2. The van der Waals surface area contributed by atoms with Gasteiger partial charge in [-0.3, -0.25) is 0 Å². The van der Waals surface area contributed by atoms with Crippen molar-refractivity contribution < 1.29 is 13.6 Å². The van der Waals surface area contributed by atoms with Crippen LogP contribution in [0.3, 0.4) is 0 Å². The van der Waals surface area contributed by atoms with E-state index in [9.17, 15) is 4.79 Å². The summed E-state index contributed by atoms with van der Waals surface area (Å²) in [5, 5.41) is 6.46. The minimum atomic E-state index is -0.113. The van der Waals surface area contributed by atoms with E-state index in [1.165, 1.54) is 0 Å². The molecule has 5 rings (SSSR count). The first-order valence-corrected chi connectivity index (χ1v) is 11.3. The molecule has 2 aliphatic rings. The Hall–Kier alpha value is -2.80. The fourth-order valence-corrected chi connectivity index (χ4v) is 4.67. The van der Waals surface area contributed by atoms with Crippen molar-refractivity contribution >= 4 is 17.6 Å². The lowest BCUT2D eigenvalue weighted by Crippen LogP contribution is -2.48. The van der Waals surface area contributed by atoms with E-state index in [1.54, 1.807) is 12.5 Å². The lowest BCUT2D eigenvalue weighted by molar-refractivity contribution is 0.227. The first-order valence-electron chi connectivity index (χ1n) is 10.8. The third-order valence-electron chi connectivity index (χ3n) is 6.06. The number of nitrogens with one attached hydrogen (secondary N) is 2. The molecule has 162 valence electrons. The lowest BCUT2D eigenvalue weighted by Gasteiger charge is -2.28. The topological polar surface area (TPSA) is 93.2 Å². The number of halogens is 1. The highest BCUT2D eigenvalue weighted by Gasteiger charge is 2.27. The van der Waals surface area contributed by atoms with Crippen LogP contribution in [0.1, 0.15) is 43.5 Å². The highest BCUT2D eigenvalue weighted by atomic mass is 35.5. The summed E-state index contributed by atoms with van der Waals surface area (Å²) in [6, 6.07) is 7.51. The average molecular weight is 441 g/mol. The summed E-state index contributed by atoms with van der Waals surface area (Å²) in [6.45, 7) is 0. The Balaban J connectivity index is 1.31. The molecule has 2 N–H and O–H groups in total. The number of carbonyl (C=O) groups excluding carboxylic acids is 1. The molecule has 7 nitrogen and oxygen atoms in total. The van der Waals surface area contributed by atoms with Crippen molar-refractivity contribution in [2.24, 2.45) is 0 Å². The smallest absolute Gasteiger partial charge is 0.315 e. The molecule has 0 aromatic carbocycles. The standard InChI is InChI=1S/C23H25ClN4O3/c24-14-5-7-15(8-6-14)25-23(29)26-16-9-10-17-18(13-16)28-22(20-4-2-12-31-20)21(27-17)19-3-1-11-30-19/h1-4,11-12,14-16H,5-10,13H2,(H2,25,26,29). The summed E-state index contributed by atoms with van der Waals surface area (Å²) in [7, 11) is 0. The summed E-state index contributed by atoms with van der Waals surface area (Å²) < 4.78 is 11.2. The van der Waals surface area contributed by atoms with E-state index >= 15 is 0 Å². The number of nitrogens with zero attached hydrogens (tertiary/aromatic N) is 2. The van der Waals surface area contributed by atoms with Crippen LogP contribution >= 0.6 is 11.6 Å². The summed E-state index contributed by atoms with van der Waals surface area (Å²) in [5.41, 5.74) is 3.17. The summed E-state index contributed by atoms with van der Waals surface area (Å²) >= 11 is 6.16. The Bertz CT molecular complexity index is 1030. The fraction of sp³-hybridized carbons (Fsp3) is 0.435. The molecular formula is C23H25ClN4O3. The predicted octanol–water partition coefficient (Wildman–Crippen LogP) is 4.70. The number of alkyl halides is 1. The third-order valence-corrected chi connectivity index (χ3v) is 6.49. The number of aromatic nitrogens is 2. The number of fused-ring (bicyclic) bond motifs is 1. The highest BCUT2D eigenvalue weighted by Crippen LogP contribution is 2.32. The molecule has 1 fully saturated rings. The van der Waals surface area contributed by atoms with Crippen LogP contribution < -0.4 is 10.6 Å². The largest absolute Gasteiger partial charge is 0.463 e. The van der Waals surface area contributed by atoms with E-state index in [0.29, 0.717) is 29.3 Å². The molecule has 3 aromatic rings. The fourth-order valence-electron chi connectivity index (χ4n) is 4.42. The molecule has 0 bridgehead atoms. The third kappa shape index (κ3) is 4.46. The highest BCUT2D eigenvalue weighted by molar-refractivity contribution is 6.20. The Kier molecular flexibility index (Phi) is 5.68. The van der Waals surface area contributed by atoms with Gasteiger partial charge >= 0.3 is 6.03 Å². The van der Waals surface area contributed by atoms with E-state index in [-0.39, 0.29) is 23.5 Å². The Morgan fingerprint density at radius 2 is 1.48 bits per heavy atom. The molecule has 1 atom stereocenters. The zero-order valence-corrected chi connectivity index (χ0v) is 17.9. The first-order chi connectivity index (χ1) is 15.2. The molecule has 3 aromatic heterocycles.